The smallest absolute Gasteiger partial charge is 0.293 e. The number of likely N-dealkylation sites (N-methyl/N-ethyl adjacent to an activating group) is 1. The Morgan fingerprint density at radius 3 is 2.56 bits per heavy atom. The van der Waals surface area contributed by atoms with Crippen LogP contribution in [0.1, 0.15) is 17.5 Å². The molecular formula is C16H17BrN6OS. The largest absolute Gasteiger partial charge is 0.333 e. The molecule has 0 radical (unpaired) electrons. The van der Waals surface area contributed by atoms with Gasteiger partial charge in [-0.25, -0.2) is 0 Å². The van der Waals surface area contributed by atoms with E-state index in [1.165, 1.54) is 11.3 Å². The number of carbonyl (C=O) groups excluding carboxylic acids is 1. The molecule has 25 heavy (non-hydrogen) atoms. The van der Waals surface area contributed by atoms with E-state index in [0.29, 0.717) is 23.9 Å². The molecule has 7 nitrogen and oxygen atoms in total. The van der Waals surface area contributed by atoms with E-state index in [9.17, 15) is 4.79 Å². The molecule has 130 valence electrons. The summed E-state index contributed by atoms with van der Waals surface area (Å²) in [6.45, 7) is 6.37. The molecule has 4 rings (SSSR count). The van der Waals surface area contributed by atoms with Gasteiger partial charge in [-0.05, 0) is 18.7 Å². The van der Waals surface area contributed by atoms with Crippen molar-refractivity contribution in [3.8, 4) is 10.6 Å². The van der Waals surface area contributed by atoms with Gasteiger partial charge >= 0.3 is 0 Å². The Balaban J connectivity index is 1.60. The number of nitrogens with zero attached hydrogens (tertiary/aromatic N) is 6. The zero-order chi connectivity index (χ0) is 17.4. The minimum atomic E-state index is -0.101. The molecule has 1 fully saturated rings. The molecule has 0 unspecified atom stereocenters. The van der Waals surface area contributed by atoms with Crippen molar-refractivity contribution in [3.05, 3.63) is 34.6 Å². The van der Waals surface area contributed by atoms with Crippen LogP contribution in [0.15, 0.2) is 28.7 Å². The highest BCUT2D eigenvalue weighted by Crippen LogP contribution is 2.26. The Morgan fingerprint density at radius 2 is 1.88 bits per heavy atom. The van der Waals surface area contributed by atoms with Gasteiger partial charge in [-0.2, -0.15) is 9.61 Å². The highest BCUT2D eigenvalue weighted by Gasteiger charge is 2.26. The van der Waals surface area contributed by atoms with Crippen molar-refractivity contribution < 1.29 is 4.79 Å². The maximum Gasteiger partial charge on any atom is 0.293 e. The molecule has 0 aliphatic carbocycles. The summed E-state index contributed by atoms with van der Waals surface area (Å²) in [7, 11) is 0. The summed E-state index contributed by atoms with van der Waals surface area (Å²) in [6.07, 6.45) is 0. The normalized spacial score (nSPS) is 15.8. The number of hydrogen-bond acceptors (Lipinski definition) is 6. The lowest BCUT2D eigenvalue weighted by molar-refractivity contribution is 0.0628. The highest BCUT2D eigenvalue weighted by molar-refractivity contribution is 9.10. The molecular weight excluding hydrogens is 404 g/mol. The zero-order valence-electron chi connectivity index (χ0n) is 13.7. The number of halogens is 1. The summed E-state index contributed by atoms with van der Waals surface area (Å²) >= 11 is 4.86. The van der Waals surface area contributed by atoms with Crippen LogP contribution in [-0.2, 0) is 0 Å². The summed E-state index contributed by atoms with van der Waals surface area (Å²) in [6, 6.07) is 7.91. The average molecular weight is 421 g/mol. The van der Waals surface area contributed by atoms with Crippen LogP contribution in [0.25, 0.3) is 15.5 Å². The van der Waals surface area contributed by atoms with Crippen LogP contribution in [0.5, 0.6) is 0 Å². The summed E-state index contributed by atoms with van der Waals surface area (Å²) < 4.78 is 2.58. The molecule has 3 aromatic rings. The lowest BCUT2D eigenvalue weighted by Crippen LogP contribution is -2.48. The lowest BCUT2D eigenvalue weighted by atomic mass is 10.2. The molecule has 0 N–H and O–H groups in total. The Hall–Kier alpha value is -1.84. The third-order valence-electron chi connectivity index (χ3n) is 4.38. The van der Waals surface area contributed by atoms with E-state index in [1.807, 2.05) is 29.2 Å². The Kier molecular flexibility index (Phi) is 4.53. The molecule has 0 saturated carbocycles. The molecule has 1 saturated heterocycles. The number of carbonyl (C=O) groups is 1. The highest BCUT2D eigenvalue weighted by atomic mass is 79.9. The number of aromatic nitrogens is 4. The zero-order valence-corrected chi connectivity index (χ0v) is 16.1. The van der Waals surface area contributed by atoms with Crippen molar-refractivity contribution in [2.45, 2.75) is 6.92 Å². The van der Waals surface area contributed by atoms with E-state index in [2.05, 4.69) is 43.0 Å². The van der Waals surface area contributed by atoms with Crippen LogP contribution in [0.4, 0.5) is 0 Å². The molecule has 2 aromatic heterocycles. The topological polar surface area (TPSA) is 66.6 Å². The summed E-state index contributed by atoms with van der Waals surface area (Å²) in [5, 5.41) is 13.6. The van der Waals surface area contributed by atoms with E-state index in [-0.39, 0.29) is 5.91 Å². The standard InChI is InChI=1S/C16H17BrN6OS/c1-2-21-7-9-22(10-8-21)15(24)13-18-19-16-23(13)20-14(25-16)11-3-5-12(17)6-4-11/h3-6H,2,7-10H2,1H3. The predicted molar refractivity (Wildman–Crippen MR) is 99.8 cm³/mol. The first-order valence-electron chi connectivity index (χ1n) is 8.15. The quantitative estimate of drug-likeness (QED) is 0.650. The van der Waals surface area contributed by atoms with Gasteiger partial charge in [0.25, 0.3) is 5.91 Å². The Bertz CT molecular complexity index is 897. The minimum absolute atomic E-state index is 0.101. The maximum atomic E-state index is 12.8. The SMILES string of the molecule is CCN1CCN(C(=O)c2nnc3sc(-c4ccc(Br)cc4)nn23)CC1. The number of fused-ring (bicyclic) bond motifs is 1. The van der Waals surface area contributed by atoms with Crippen molar-refractivity contribution in [2.24, 2.45) is 0 Å². The van der Waals surface area contributed by atoms with Gasteiger partial charge in [0, 0.05) is 36.2 Å². The monoisotopic (exact) mass is 420 g/mol. The van der Waals surface area contributed by atoms with Gasteiger partial charge in [-0.1, -0.05) is 46.3 Å². The first-order valence-corrected chi connectivity index (χ1v) is 9.76. The molecule has 9 heteroatoms. The van der Waals surface area contributed by atoms with Gasteiger partial charge in [0.05, 0.1) is 0 Å². The Labute approximate surface area is 157 Å². The minimum Gasteiger partial charge on any atom is -0.333 e. The fourth-order valence-electron chi connectivity index (χ4n) is 2.87. The molecule has 1 aliphatic rings. The number of amides is 1. The van der Waals surface area contributed by atoms with Crippen LogP contribution in [0.2, 0.25) is 0 Å². The van der Waals surface area contributed by atoms with E-state index in [1.54, 1.807) is 4.52 Å². The molecule has 1 amide bonds. The second-order valence-corrected chi connectivity index (χ2v) is 7.73. The van der Waals surface area contributed by atoms with Crippen LogP contribution in [0.3, 0.4) is 0 Å². The molecule has 1 aromatic carbocycles. The van der Waals surface area contributed by atoms with Gasteiger partial charge in [-0.15, -0.1) is 10.2 Å². The number of benzene rings is 1. The van der Waals surface area contributed by atoms with Gasteiger partial charge < -0.3 is 9.80 Å². The van der Waals surface area contributed by atoms with Crippen LogP contribution in [-0.4, -0.2) is 68.2 Å². The van der Waals surface area contributed by atoms with E-state index in [0.717, 1.165) is 34.7 Å². The van der Waals surface area contributed by atoms with E-state index < -0.39 is 0 Å². The average Bonchev–Trinajstić information content (AvgIpc) is 3.22. The second kappa shape index (κ2) is 6.81. The van der Waals surface area contributed by atoms with Gasteiger partial charge in [0.15, 0.2) is 0 Å². The van der Waals surface area contributed by atoms with Gasteiger partial charge in [0.2, 0.25) is 10.8 Å². The molecule has 0 atom stereocenters. The summed E-state index contributed by atoms with van der Waals surface area (Å²) in [5.74, 6) is 0.190. The first kappa shape index (κ1) is 16.6. The van der Waals surface area contributed by atoms with E-state index >= 15 is 0 Å². The molecule has 0 spiro atoms. The van der Waals surface area contributed by atoms with Gasteiger partial charge in [0.1, 0.15) is 5.01 Å². The summed E-state index contributed by atoms with van der Waals surface area (Å²) in [5.41, 5.74) is 0.994. The molecule has 3 heterocycles. The van der Waals surface area contributed by atoms with Crippen LogP contribution < -0.4 is 0 Å². The van der Waals surface area contributed by atoms with Crippen molar-refractivity contribution in [1.29, 1.82) is 0 Å². The fraction of sp³-hybridized carbons (Fsp3) is 0.375. The van der Waals surface area contributed by atoms with Crippen molar-refractivity contribution in [1.82, 2.24) is 29.6 Å². The van der Waals surface area contributed by atoms with Crippen molar-refractivity contribution >= 4 is 38.1 Å². The third kappa shape index (κ3) is 3.19. The fourth-order valence-corrected chi connectivity index (χ4v) is 3.98. The molecule has 0 bridgehead atoms. The predicted octanol–water partition coefficient (Wildman–Crippen LogP) is 2.39. The van der Waals surface area contributed by atoms with Gasteiger partial charge in [-0.3, -0.25) is 4.79 Å². The number of piperazine rings is 1. The van der Waals surface area contributed by atoms with Crippen LogP contribution >= 0.6 is 27.3 Å². The Morgan fingerprint density at radius 1 is 1.16 bits per heavy atom. The molecule has 1 aliphatic heterocycles. The van der Waals surface area contributed by atoms with Crippen LogP contribution in [0, 0.1) is 0 Å². The van der Waals surface area contributed by atoms with E-state index in [4.69, 9.17) is 0 Å². The number of rotatable bonds is 3. The lowest BCUT2D eigenvalue weighted by Gasteiger charge is -2.33. The second-order valence-electron chi connectivity index (χ2n) is 5.86. The number of hydrogen-bond donors (Lipinski definition) is 0. The van der Waals surface area contributed by atoms with Crippen molar-refractivity contribution in [3.63, 3.8) is 0 Å². The first-order chi connectivity index (χ1) is 12.2. The maximum absolute atomic E-state index is 12.8. The third-order valence-corrected chi connectivity index (χ3v) is 5.86. The van der Waals surface area contributed by atoms with Crippen molar-refractivity contribution in [2.75, 3.05) is 32.7 Å². The summed E-state index contributed by atoms with van der Waals surface area (Å²) in [4.78, 5) is 17.6.